The molecule has 0 heterocycles. The van der Waals surface area contributed by atoms with Crippen LogP contribution in [0.2, 0.25) is 0 Å². The fourth-order valence-corrected chi connectivity index (χ4v) is 0.548. The van der Waals surface area contributed by atoms with Crippen LogP contribution in [0.5, 0.6) is 0 Å². The van der Waals surface area contributed by atoms with Crippen molar-refractivity contribution in [3.8, 4) is 0 Å². The molecule has 0 saturated carbocycles. The van der Waals surface area contributed by atoms with Gasteiger partial charge >= 0.3 is 0 Å². The van der Waals surface area contributed by atoms with E-state index in [2.05, 4.69) is 6.58 Å². The zero-order valence-electron chi connectivity index (χ0n) is 5.82. The molecule has 1 heteroatoms. The van der Waals surface area contributed by atoms with Crippen molar-refractivity contribution in [3.63, 3.8) is 0 Å². The van der Waals surface area contributed by atoms with Crippen molar-refractivity contribution >= 4 is 0 Å². The summed E-state index contributed by atoms with van der Waals surface area (Å²) >= 11 is 0. The first-order valence-electron chi connectivity index (χ1n) is 2.80. The van der Waals surface area contributed by atoms with Gasteiger partial charge in [0.2, 0.25) is 0 Å². The first-order valence-corrected chi connectivity index (χ1v) is 2.80. The molecule has 0 aliphatic heterocycles. The third kappa shape index (κ3) is 5.01. The molecule has 0 rings (SSSR count). The van der Waals surface area contributed by atoms with Gasteiger partial charge in [-0.3, -0.25) is 0 Å². The van der Waals surface area contributed by atoms with Gasteiger partial charge in [-0.1, -0.05) is 18.7 Å². The van der Waals surface area contributed by atoms with Crippen LogP contribution in [0.15, 0.2) is 36.2 Å². The molecule has 0 fully saturated rings. The fraction of sp³-hybridized carbons (Fsp3) is 0.250. The Morgan fingerprint density at radius 2 is 2.00 bits per heavy atom. The maximum atomic E-state index is 12.1. The molecule has 0 radical (unpaired) electrons. The van der Waals surface area contributed by atoms with Crippen LogP contribution in [0.3, 0.4) is 0 Å². The molecule has 0 unspecified atom stereocenters. The van der Waals surface area contributed by atoms with Crippen LogP contribution < -0.4 is 0 Å². The number of hydrogen-bond donors (Lipinski definition) is 0. The number of allylic oxidation sites excluding steroid dienone is 5. The summed E-state index contributed by atoms with van der Waals surface area (Å²) in [6.45, 7) is 6.72. The molecule has 0 amide bonds. The van der Waals surface area contributed by atoms with E-state index in [9.17, 15) is 4.39 Å². The summed E-state index contributed by atoms with van der Waals surface area (Å²) in [5, 5.41) is 0. The third-order valence-electron chi connectivity index (χ3n) is 0.807. The second kappa shape index (κ2) is 4.07. The Hall–Kier alpha value is -0.850. The van der Waals surface area contributed by atoms with Crippen LogP contribution in [0.1, 0.15) is 13.8 Å². The molecule has 50 valence electrons. The molecule has 0 bridgehead atoms. The quantitative estimate of drug-likeness (QED) is 0.499. The van der Waals surface area contributed by atoms with Gasteiger partial charge in [0.05, 0.1) is 5.83 Å². The smallest absolute Gasteiger partial charge is 0.0971 e. The maximum Gasteiger partial charge on any atom is 0.0971 e. The van der Waals surface area contributed by atoms with E-state index in [1.165, 1.54) is 13.0 Å². The van der Waals surface area contributed by atoms with Crippen molar-refractivity contribution in [1.29, 1.82) is 0 Å². The minimum absolute atomic E-state index is 0.175. The Labute approximate surface area is 55.4 Å². The predicted molar refractivity (Wildman–Crippen MR) is 38.8 cm³/mol. The van der Waals surface area contributed by atoms with Crippen molar-refractivity contribution in [3.05, 3.63) is 36.2 Å². The lowest BCUT2D eigenvalue weighted by Crippen LogP contribution is -1.66. The molecule has 9 heavy (non-hydrogen) atoms. The third-order valence-corrected chi connectivity index (χ3v) is 0.807. The fourth-order valence-electron chi connectivity index (χ4n) is 0.548. The summed E-state index contributed by atoms with van der Waals surface area (Å²) in [5.74, 6) is -0.175. The highest BCUT2D eigenvalue weighted by Gasteiger charge is 1.81. The van der Waals surface area contributed by atoms with Gasteiger partial charge in [0.25, 0.3) is 0 Å². The van der Waals surface area contributed by atoms with E-state index in [1.807, 2.05) is 6.92 Å². The minimum Gasteiger partial charge on any atom is -0.212 e. The van der Waals surface area contributed by atoms with Crippen LogP contribution in [0.25, 0.3) is 0 Å². The Morgan fingerprint density at radius 1 is 1.44 bits per heavy atom. The summed E-state index contributed by atoms with van der Waals surface area (Å²) in [6, 6.07) is 0. The molecule has 0 spiro atoms. The lowest BCUT2D eigenvalue weighted by Gasteiger charge is -1.86. The monoisotopic (exact) mass is 126 g/mol. The van der Waals surface area contributed by atoms with Crippen LogP contribution in [-0.2, 0) is 0 Å². The van der Waals surface area contributed by atoms with Crippen molar-refractivity contribution in [2.45, 2.75) is 13.8 Å². The van der Waals surface area contributed by atoms with Crippen molar-refractivity contribution in [2.24, 2.45) is 0 Å². The van der Waals surface area contributed by atoms with Gasteiger partial charge < -0.3 is 0 Å². The molecule has 0 aliphatic carbocycles. The zero-order valence-corrected chi connectivity index (χ0v) is 5.82. The minimum atomic E-state index is -0.175. The van der Waals surface area contributed by atoms with Crippen LogP contribution in [-0.4, -0.2) is 0 Å². The SMILES string of the molecule is C=C/C=C(C)\C=C(/C)F. The van der Waals surface area contributed by atoms with Gasteiger partial charge in [-0.2, -0.15) is 0 Å². The summed E-state index contributed by atoms with van der Waals surface area (Å²) < 4.78 is 12.1. The van der Waals surface area contributed by atoms with Gasteiger partial charge in [-0.25, -0.2) is 4.39 Å². The van der Waals surface area contributed by atoms with E-state index < -0.39 is 0 Å². The molecular formula is C8H11F. The van der Waals surface area contributed by atoms with Gasteiger partial charge in [0.15, 0.2) is 0 Å². The van der Waals surface area contributed by atoms with E-state index in [0.29, 0.717) is 0 Å². The first-order chi connectivity index (χ1) is 4.16. The largest absolute Gasteiger partial charge is 0.212 e. The average Bonchev–Trinajstić information content (AvgIpc) is 1.63. The second-order valence-corrected chi connectivity index (χ2v) is 1.88. The van der Waals surface area contributed by atoms with E-state index in [0.717, 1.165) is 5.57 Å². The average molecular weight is 126 g/mol. The summed E-state index contributed by atoms with van der Waals surface area (Å²) in [5.41, 5.74) is 0.880. The summed E-state index contributed by atoms with van der Waals surface area (Å²) in [4.78, 5) is 0. The molecule has 0 aliphatic rings. The molecule has 0 aromatic carbocycles. The predicted octanol–water partition coefficient (Wildman–Crippen LogP) is 2.99. The van der Waals surface area contributed by atoms with Crippen LogP contribution >= 0.6 is 0 Å². The molecule has 0 nitrogen and oxygen atoms in total. The van der Waals surface area contributed by atoms with Crippen molar-refractivity contribution < 1.29 is 4.39 Å². The second-order valence-electron chi connectivity index (χ2n) is 1.88. The molecular weight excluding hydrogens is 115 g/mol. The number of hydrogen-bond acceptors (Lipinski definition) is 0. The lowest BCUT2D eigenvalue weighted by atomic mass is 10.2. The number of halogens is 1. The Balaban J connectivity index is 4.05. The molecule has 0 aromatic heterocycles. The van der Waals surface area contributed by atoms with E-state index in [4.69, 9.17) is 0 Å². The van der Waals surface area contributed by atoms with E-state index in [1.54, 1.807) is 12.2 Å². The highest BCUT2D eigenvalue weighted by atomic mass is 19.1. The highest BCUT2D eigenvalue weighted by Crippen LogP contribution is 2.01. The Kier molecular flexibility index (Phi) is 3.69. The molecule has 0 N–H and O–H groups in total. The van der Waals surface area contributed by atoms with Gasteiger partial charge in [0, 0.05) is 0 Å². The number of rotatable bonds is 2. The molecule has 0 atom stereocenters. The zero-order chi connectivity index (χ0) is 7.28. The van der Waals surface area contributed by atoms with Crippen LogP contribution in [0, 0.1) is 0 Å². The maximum absolute atomic E-state index is 12.1. The Bertz CT molecular complexity index is 148. The Morgan fingerprint density at radius 3 is 2.33 bits per heavy atom. The van der Waals surface area contributed by atoms with Crippen LogP contribution in [0.4, 0.5) is 4.39 Å². The highest BCUT2D eigenvalue weighted by molar-refractivity contribution is 5.21. The van der Waals surface area contributed by atoms with Crippen molar-refractivity contribution in [2.75, 3.05) is 0 Å². The normalized spacial score (nSPS) is 13.7. The van der Waals surface area contributed by atoms with E-state index >= 15 is 0 Å². The summed E-state index contributed by atoms with van der Waals surface area (Å²) in [7, 11) is 0. The summed E-state index contributed by atoms with van der Waals surface area (Å²) in [6.07, 6.45) is 4.85. The molecule has 0 aromatic rings. The standard InChI is InChI=1S/C8H11F/c1-4-5-7(2)6-8(3)9/h4-6H,1H2,2-3H3/b7-5-,8-6+. The first kappa shape index (κ1) is 8.15. The molecule has 0 saturated heterocycles. The van der Waals surface area contributed by atoms with Gasteiger partial charge in [-0.15, -0.1) is 0 Å². The topological polar surface area (TPSA) is 0 Å². The van der Waals surface area contributed by atoms with Gasteiger partial charge in [0.1, 0.15) is 0 Å². The van der Waals surface area contributed by atoms with Crippen molar-refractivity contribution in [1.82, 2.24) is 0 Å². The lowest BCUT2D eigenvalue weighted by molar-refractivity contribution is 0.639. The van der Waals surface area contributed by atoms with Gasteiger partial charge in [-0.05, 0) is 25.5 Å². The van der Waals surface area contributed by atoms with E-state index in [-0.39, 0.29) is 5.83 Å².